The van der Waals surface area contributed by atoms with E-state index >= 15 is 0 Å². The predicted octanol–water partition coefficient (Wildman–Crippen LogP) is 2.50. The highest BCUT2D eigenvalue weighted by Crippen LogP contribution is 2.31. The van der Waals surface area contributed by atoms with Crippen LogP contribution < -0.4 is 5.73 Å². The molecule has 7 heteroatoms. The molecule has 0 amide bonds. The van der Waals surface area contributed by atoms with Crippen molar-refractivity contribution in [2.45, 2.75) is 12.6 Å². The molecule has 1 unspecified atom stereocenters. The zero-order valence-corrected chi connectivity index (χ0v) is 13.1. The van der Waals surface area contributed by atoms with E-state index in [1.165, 1.54) is 0 Å². The summed E-state index contributed by atoms with van der Waals surface area (Å²) in [5.74, 6) is 0. The van der Waals surface area contributed by atoms with Crippen LogP contribution in [-0.4, -0.2) is 35.3 Å². The average molecular weight is 348 g/mol. The van der Waals surface area contributed by atoms with Gasteiger partial charge in [-0.2, -0.15) is 5.10 Å². The van der Waals surface area contributed by atoms with Gasteiger partial charge in [0.15, 0.2) is 4.67 Å². The van der Waals surface area contributed by atoms with E-state index in [0.29, 0.717) is 9.69 Å². The second-order valence-corrected chi connectivity index (χ2v) is 5.66. The molecule has 0 bridgehead atoms. The van der Waals surface area contributed by atoms with Crippen LogP contribution in [0.3, 0.4) is 0 Å². The number of hydrogen-bond acceptors (Lipinski definition) is 4. The first-order valence-electron chi connectivity index (χ1n) is 5.85. The zero-order chi connectivity index (χ0) is 14.0. The molecule has 2 aromatic heterocycles. The molecule has 0 spiro atoms. The van der Waals surface area contributed by atoms with Crippen LogP contribution in [0.5, 0.6) is 0 Å². The number of likely N-dealkylation sites (N-methyl/N-ethyl adjacent to an activating group) is 1. The van der Waals surface area contributed by atoms with Gasteiger partial charge in [0.1, 0.15) is 0 Å². The van der Waals surface area contributed by atoms with Gasteiger partial charge in [0.25, 0.3) is 0 Å². The Morgan fingerprint density at radius 2 is 2.32 bits per heavy atom. The van der Waals surface area contributed by atoms with Crippen LogP contribution in [0, 0.1) is 0 Å². The number of aromatic nitrogens is 2. The van der Waals surface area contributed by atoms with Gasteiger partial charge in [-0.3, -0.25) is 4.68 Å². The molecule has 5 nitrogen and oxygen atoms in total. The first kappa shape index (κ1) is 14.6. The Kier molecular flexibility index (Phi) is 4.67. The highest BCUT2D eigenvalue weighted by molar-refractivity contribution is 9.10. The monoisotopic (exact) mass is 346 g/mol. The van der Waals surface area contributed by atoms with Gasteiger partial charge in [-0.05, 0) is 36.1 Å². The summed E-state index contributed by atoms with van der Waals surface area (Å²) in [7, 11) is 4.02. The van der Waals surface area contributed by atoms with E-state index in [0.717, 1.165) is 24.3 Å². The Balaban J connectivity index is 2.28. The van der Waals surface area contributed by atoms with Crippen molar-refractivity contribution >= 4 is 27.5 Å². The van der Waals surface area contributed by atoms with Gasteiger partial charge in [0.05, 0.1) is 35.8 Å². The number of nitrogens with zero attached hydrogens (tertiary/aromatic N) is 3. The van der Waals surface area contributed by atoms with Crippen molar-refractivity contribution in [1.29, 1.82) is 0 Å². The summed E-state index contributed by atoms with van der Waals surface area (Å²) < 4.78 is 7.68. The molecule has 19 heavy (non-hydrogen) atoms. The molecule has 104 valence electrons. The van der Waals surface area contributed by atoms with Crippen molar-refractivity contribution in [3.8, 4) is 0 Å². The van der Waals surface area contributed by atoms with E-state index in [9.17, 15) is 0 Å². The lowest BCUT2D eigenvalue weighted by Gasteiger charge is -2.16. The van der Waals surface area contributed by atoms with Gasteiger partial charge < -0.3 is 15.1 Å². The van der Waals surface area contributed by atoms with Gasteiger partial charge >= 0.3 is 0 Å². The van der Waals surface area contributed by atoms with E-state index in [2.05, 4.69) is 25.9 Å². The SMILES string of the molecule is CN(C)CCn1ncc(Cl)c1C(N)c1ccoc1Br. The number of nitrogens with two attached hydrogens (primary N) is 1. The molecule has 0 saturated carbocycles. The normalized spacial score (nSPS) is 13.2. The Hall–Kier alpha value is -0.820. The molecule has 0 aliphatic rings. The second kappa shape index (κ2) is 6.09. The van der Waals surface area contributed by atoms with Gasteiger partial charge in [-0.25, -0.2) is 0 Å². The topological polar surface area (TPSA) is 60.2 Å². The number of hydrogen-bond donors (Lipinski definition) is 1. The van der Waals surface area contributed by atoms with Crippen LogP contribution in [0.1, 0.15) is 17.3 Å². The first-order chi connectivity index (χ1) is 9.00. The highest BCUT2D eigenvalue weighted by atomic mass is 79.9. The third kappa shape index (κ3) is 3.20. The van der Waals surface area contributed by atoms with Crippen molar-refractivity contribution in [1.82, 2.24) is 14.7 Å². The molecule has 0 aliphatic heterocycles. The Morgan fingerprint density at radius 3 is 2.89 bits per heavy atom. The van der Waals surface area contributed by atoms with Gasteiger partial charge in [0, 0.05) is 12.1 Å². The van der Waals surface area contributed by atoms with Gasteiger partial charge in [-0.1, -0.05) is 11.6 Å². The summed E-state index contributed by atoms with van der Waals surface area (Å²) in [6, 6.07) is 1.46. The molecule has 0 saturated heterocycles. The minimum atomic E-state index is -0.370. The average Bonchev–Trinajstić information content (AvgIpc) is 2.92. The lowest BCUT2D eigenvalue weighted by Crippen LogP contribution is -2.23. The van der Waals surface area contributed by atoms with Gasteiger partial charge in [0.2, 0.25) is 0 Å². The molecule has 0 fully saturated rings. The quantitative estimate of drug-likeness (QED) is 0.903. The minimum Gasteiger partial charge on any atom is -0.457 e. The zero-order valence-electron chi connectivity index (χ0n) is 10.8. The Bertz CT molecular complexity index is 552. The number of furan rings is 1. The fourth-order valence-corrected chi connectivity index (χ4v) is 2.57. The van der Waals surface area contributed by atoms with Crippen molar-refractivity contribution in [3.63, 3.8) is 0 Å². The first-order valence-corrected chi connectivity index (χ1v) is 7.02. The summed E-state index contributed by atoms with van der Waals surface area (Å²) in [6.07, 6.45) is 3.22. The smallest absolute Gasteiger partial charge is 0.174 e. The maximum atomic E-state index is 6.27. The fraction of sp³-hybridized carbons (Fsp3) is 0.417. The second-order valence-electron chi connectivity index (χ2n) is 4.53. The summed E-state index contributed by atoms with van der Waals surface area (Å²) in [4.78, 5) is 2.08. The molecule has 1 atom stereocenters. The molecule has 2 rings (SSSR count). The molecule has 2 N–H and O–H groups in total. The lowest BCUT2D eigenvalue weighted by atomic mass is 10.1. The Morgan fingerprint density at radius 1 is 1.58 bits per heavy atom. The third-order valence-electron chi connectivity index (χ3n) is 2.87. The van der Waals surface area contributed by atoms with Crippen molar-refractivity contribution in [3.05, 3.63) is 39.5 Å². The van der Waals surface area contributed by atoms with Crippen LogP contribution in [0.4, 0.5) is 0 Å². The van der Waals surface area contributed by atoms with E-state index < -0.39 is 0 Å². The molecule has 2 aromatic rings. The number of rotatable bonds is 5. The molecular weight excluding hydrogens is 332 g/mol. The standard InChI is InChI=1S/C12H16BrClN4O/c1-17(2)4-5-18-11(9(14)7-16-18)10(15)8-3-6-19-12(8)13/h3,6-7,10H,4-5,15H2,1-2H3. The van der Waals surface area contributed by atoms with Crippen LogP contribution in [0.25, 0.3) is 0 Å². The van der Waals surface area contributed by atoms with E-state index in [4.69, 9.17) is 21.8 Å². The van der Waals surface area contributed by atoms with Gasteiger partial charge in [-0.15, -0.1) is 0 Å². The molecule has 0 aliphatic carbocycles. The summed E-state index contributed by atoms with van der Waals surface area (Å²) in [5, 5.41) is 4.85. The maximum Gasteiger partial charge on any atom is 0.174 e. The fourth-order valence-electron chi connectivity index (χ4n) is 1.83. The van der Waals surface area contributed by atoms with Crippen LogP contribution in [-0.2, 0) is 6.54 Å². The molecule has 0 aromatic carbocycles. The molecular formula is C12H16BrClN4O. The lowest BCUT2D eigenvalue weighted by molar-refractivity contribution is 0.368. The molecule has 0 radical (unpaired) electrons. The van der Waals surface area contributed by atoms with E-state index in [1.807, 2.05) is 24.8 Å². The summed E-state index contributed by atoms with van der Waals surface area (Å²) in [6.45, 7) is 1.60. The predicted molar refractivity (Wildman–Crippen MR) is 78.2 cm³/mol. The van der Waals surface area contributed by atoms with Crippen molar-refractivity contribution in [2.75, 3.05) is 20.6 Å². The van der Waals surface area contributed by atoms with E-state index in [1.54, 1.807) is 12.5 Å². The maximum absolute atomic E-state index is 6.27. The Labute approximate surface area is 125 Å². The highest BCUT2D eigenvalue weighted by Gasteiger charge is 2.21. The third-order valence-corrected chi connectivity index (χ3v) is 3.80. The van der Waals surface area contributed by atoms with Crippen LogP contribution >= 0.6 is 27.5 Å². The summed E-state index contributed by atoms with van der Waals surface area (Å²) in [5.41, 5.74) is 7.92. The summed E-state index contributed by atoms with van der Waals surface area (Å²) >= 11 is 9.54. The minimum absolute atomic E-state index is 0.370. The number of halogens is 2. The van der Waals surface area contributed by atoms with Crippen molar-refractivity contribution in [2.24, 2.45) is 5.73 Å². The largest absolute Gasteiger partial charge is 0.457 e. The van der Waals surface area contributed by atoms with E-state index in [-0.39, 0.29) is 6.04 Å². The molecule has 2 heterocycles. The van der Waals surface area contributed by atoms with Crippen LogP contribution in [0.2, 0.25) is 5.02 Å². The van der Waals surface area contributed by atoms with Crippen LogP contribution in [0.15, 0.2) is 27.6 Å². The van der Waals surface area contributed by atoms with Crippen molar-refractivity contribution < 1.29 is 4.42 Å².